The zero-order valence-corrected chi connectivity index (χ0v) is 13.0. The second-order valence-electron chi connectivity index (χ2n) is 5.91. The summed E-state index contributed by atoms with van der Waals surface area (Å²) < 4.78 is 0. The molecule has 0 unspecified atom stereocenters. The van der Waals surface area contributed by atoms with E-state index in [-0.39, 0.29) is 5.91 Å². The number of carbonyl (C=O) groups is 2. The van der Waals surface area contributed by atoms with Crippen LogP contribution in [-0.4, -0.2) is 27.7 Å². The topological polar surface area (TPSA) is 76.3 Å². The number of nitrogens with two attached hydrogens (primary N) is 1. The van der Waals surface area contributed by atoms with Crippen molar-refractivity contribution in [2.75, 3.05) is 0 Å². The molecule has 5 heteroatoms. The fourth-order valence-electron chi connectivity index (χ4n) is 2.48. The number of hydrogen-bond donors (Lipinski definition) is 1. The lowest BCUT2D eigenvalue weighted by atomic mass is 10.1. The Hall–Kier alpha value is -2.69. The fourth-order valence-corrected chi connectivity index (χ4v) is 2.48. The molecule has 2 aromatic rings. The minimum atomic E-state index is -0.447. The second kappa shape index (κ2) is 6.20. The monoisotopic (exact) mass is 309 g/mol. The predicted molar refractivity (Wildman–Crippen MR) is 86.8 cm³/mol. The Morgan fingerprint density at radius 1 is 1.13 bits per heavy atom. The highest BCUT2D eigenvalue weighted by Gasteiger charge is 2.33. The molecule has 0 spiro atoms. The standard InChI is InChI=1S/C18H19N3O2/c1-12-2-5-15(10-20-12)18(23)21(16-8-9-16)11-13-3-6-14(7-4-13)17(19)22/h2-7,10,16H,8-9,11H2,1H3,(H2,19,22). The van der Waals surface area contributed by atoms with Gasteiger partial charge in [0.1, 0.15) is 0 Å². The molecule has 1 aromatic carbocycles. The van der Waals surface area contributed by atoms with E-state index >= 15 is 0 Å². The molecule has 2 N–H and O–H groups in total. The molecule has 2 amide bonds. The van der Waals surface area contributed by atoms with E-state index in [0.29, 0.717) is 23.7 Å². The van der Waals surface area contributed by atoms with Crippen LogP contribution in [0, 0.1) is 6.92 Å². The first-order valence-corrected chi connectivity index (χ1v) is 7.67. The van der Waals surface area contributed by atoms with E-state index in [1.807, 2.05) is 36.1 Å². The van der Waals surface area contributed by atoms with Crippen LogP contribution in [0.1, 0.15) is 44.8 Å². The van der Waals surface area contributed by atoms with Gasteiger partial charge in [-0.15, -0.1) is 0 Å². The lowest BCUT2D eigenvalue weighted by molar-refractivity contribution is 0.0729. The van der Waals surface area contributed by atoms with Crippen LogP contribution in [0.25, 0.3) is 0 Å². The van der Waals surface area contributed by atoms with Gasteiger partial charge in [0.05, 0.1) is 5.56 Å². The lowest BCUT2D eigenvalue weighted by Crippen LogP contribution is -2.32. The molecule has 0 bridgehead atoms. The number of rotatable bonds is 5. The molecule has 0 atom stereocenters. The van der Waals surface area contributed by atoms with Crippen molar-refractivity contribution in [1.82, 2.24) is 9.88 Å². The van der Waals surface area contributed by atoms with Crippen molar-refractivity contribution in [2.45, 2.75) is 32.4 Å². The molecule has 0 radical (unpaired) electrons. The van der Waals surface area contributed by atoms with Gasteiger partial charge in [-0.25, -0.2) is 0 Å². The minimum Gasteiger partial charge on any atom is -0.366 e. The van der Waals surface area contributed by atoms with Crippen molar-refractivity contribution in [3.8, 4) is 0 Å². The third-order valence-electron chi connectivity index (χ3n) is 4.00. The average molecular weight is 309 g/mol. The first-order valence-electron chi connectivity index (χ1n) is 7.67. The van der Waals surface area contributed by atoms with Crippen molar-refractivity contribution in [3.63, 3.8) is 0 Å². The molecule has 0 aliphatic heterocycles. The summed E-state index contributed by atoms with van der Waals surface area (Å²) in [6.07, 6.45) is 3.69. The maximum atomic E-state index is 12.7. The van der Waals surface area contributed by atoms with Crippen molar-refractivity contribution in [3.05, 3.63) is 65.0 Å². The number of amides is 2. The average Bonchev–Trinajstić information content (AvgIpc) is 3.38. The molecule has 1 fully saturated rings. The van der Waals surface area contributed by atoms with Gasteiger partial charge in [0.15, 0.2) is 0 Å². The zero-order valence-electron chi connectivity index (χ0n) is 13.0. The summed E-state index contributed by atoms with van der Waals surface area (Å²) in [5, 5.41) is 0. The molecular formula is C18H19N3O2. The van der Waals surface area contributed by atoms with Crippen LogP contribution in [0.2, 0.25) is 0 Å². The van der Waals surface area contributed by atoms with E-state index in [1.54, 1.807) is 18.3 Å². The van der Waals surface area contributed by atoms with E-state index in [1.165, 1.54) is 0 Å². The molecule has 3 rings (SSSR count). The van der Waals surface area contributed by atoms with E-state index in [0.717, 1.165) is 24.1 Å². The summed E-state index contributed by atoms with van der Waals surface area (Å²) in [7, 11) is 0. The Kier molecular flexibility index (Phi) is 4.10. The number of aromatic nitrogens is 1. The van der Waals surface area contributed by atoms with Gasteiger partial charge in [0, 0.05) is 30.0 Å². The van der Waals surface area contributed by atoms with Crippen LogP contribution in [0.5, 0.6) is 0 Å². The van der Waals surface area contributed by atoms with Gasteiger partial charge < -0.3 is 10.6 Å². The number of carbonyl (C=O) groups excluding carboxylic acids is 2. The Morgan fingerprint density at radius 2 is 1.78 bits per heavy atom. The van der Waals surface area contributed by atoms with Gasteiger partial charge in [-0.05, 0) is 49.6 Å². The number of primary amides is 1. The first kappa shape index (κ1) is 15.2. The molecule has 1 heterocycles. The van der Waals surface area contributed by atoms with Crippen LogP contribution < -0.4 is 5.73 Å². The van der Waals surface area contributed by atoms with Crippen molar-refractivity contribution in [1.29, 1.82) is 0 Å². The Bertz CT molecular complexity index is 719. The van der Waals surface area contributed by atoms with Gasteiger partial charge in [-0.1, -0.05) is 12.1 Å². The van der Waals surface area contributed by atoms with Crippen molar-refractivity contribution >= 4 is 11.8 Å². The highest BCUT2D eigenvalue weighted by molar-refractivity contribution is 5.94. The quantitative estimate of drug-likeness (QED) is 0.920. The van der Waals surface area contributed by atoms with Gasteiger partial charge >= 0.3 is 0 Å². The van der Waals surface area contributed by atoms with E-state index in [2.05, 4.69) is 4.98 Å². The zero-order chi connectivity index (χ0) is 16.4. The molecule has 1 aliphatic rings. The Labute approximate surface area is 135 Å². The predicted octanol–water partition coefficient (Wildman–Crippen LogP) is 2.29. The maximum absolute atomic E-state index is 12.7. The molecule has 0 saturated heterocycles. The molecule has 118 valence electrons. The van der Waals surface area contributed by atoms with Gasteiger partial charge in [0.2, 0.25) is 5.91 Å². The largest absolute Gasteiger partial charge is 0.366 e. The Balaban J connectivity index is 1.77. The van der Waals surface area contributed by atoms with Crippen molar-refractivity contribution < 1.29 is 9.59 Å². The normalized spacial score (nSPS) is 13.6. The highest BCUT2D eigenvalue weighted by atomic mass is 16.2. The lowest BCUT2D eigenvalue weighted by Gasteiger charge is -2.22. The van der Waals surface area contributed by atoms with Crippen LogP contribution in [0.4, 0.5) is 0 Å². The SMILES string of the molecule is Cc1ccc(C(=O)N(Cc2ccc(C(N)=O)cc2)C2CC2)cn1. The molecular weight excluding hydrogens is 290 g/mol. The summed E-state index contributed by atoms with van der Waals surface area (Å²) in [6, 6.07) is 11.0. The number of pyridine rings is 1. The van der Waals surface area contributed by atoms with E-state index in [4.69, 9.17) is 5.73 Å². The molecule has 1 saturated carbocycles. The van der Waals surface area contributed by atoms with Crippen molar-refractivity contribution in [2.24, 2.45) is 5.73 Å². The maximum Gasteiger partial charge on any atom is 0.255 e. The summed E-state index contributed by atoms with van der Waals surface area (Å²) in [5.41, 5.74) is 8.20. The number of benzene rings is 1. The second-order valence-corrected chi connectivity index (χ2v) is 5.91. The van der Waals surface area contributed by atoms with Crippen LogP contribution >= 0.6 is 0 Å². The van der Waals surface area contributed by atoms with Gasteiger partial charge in [-0.3, -0.25) is 14.6 Å². The van der Waals surface area contributed by atoms with E-state index < -0.39 is 5.91 Å². The van der Waals surface area contributed by atoms with Crippen LogP contribution in [0.15, 0.2) is 42.6 Å². The molecule has 1 aliphatic carbocycles. The summed E-state index contributed by atoms with van der Waals surface area (Å²) in [4.78, 5) is 29.9. The summed E-state index contributed by atoms with van der Waals surface area (Å²) in [5.74, 6) is -0.448. The molecule has 1 aromatic heterocycles. The summed E-state index contributed by atoms with van der Waals surface area (Å²) in [6.45, 7) is 2.42. The minimum absolute atomic E-state index is 0.000947. The van der Waals surface area contributed by atoms with Crippen LogP contribution in [0.3, 0.4) is 0 Å². The smallest absolute Gasteiger partial charge is 0.255 e. The number of aryl methyl sites for hydroxylation is 1. The molecule has 5 nitrogen and oxygen atoms in total. The number of nitrogens with zero attached hydrogens (tertiary/aromatic N) is 2. The third kappa shape index (κ3) is 3.56. The van der Waals surface area contributed by atoms with E-state index in [9.17, 15) is 9.59 Å². The number of hydrogen-bond acceptors (Lipinski definition) is 3. The first-order chi connectivity index (χ1) is 11.0. The highest BCUT2D eigenvalue weighted by Crippen LogP contribution is 2.29. The van der Waals surface area contributed by atoms with Crippen LogP contribution in [-0.2, 0) is 6.54 Å². The van der Waals surface area contributed by atoms with Gasteiger partial charge in [-0.2, -0.15) is 0 Å². The van der Waals surface area contributed by atoms with Gasteiger partial charge in [0.25, 0.3) is 5.91 Å². The third-order valence-corrected chi connectivity index (χ3v) is 4.00. The summed E-state index contributed by atoms with van der Waals surface area (Å²) >= 11 is 0. The Morgan fingerprint density at radius 3 is 2.30 bits per heavy atom. The fraction of sp³-hybridized carbons (Fsp3) is 0.278. The molecule has 23 heavy (non-hydrogen) atoms.